The summed E-state index contributed by atoms with van der Waals surface area (Å²) in [5, 5.41) is 0. The standard InChI is InChI=1S/C16H16O/c1-4-17-16-10-9-15(11-13(16)3)14-7-5-12(2)6-8-14/h4-11H,1H2,2-3H3. The zero-order chi connectivity index (χ0) is 12.3. The molecule has 0 atom stereocenters. The number of rotatable bonds is 3. The predicted molar refractivity (Wildman–Crippen MR) is 72.2 cm³/mol. The number of hydrogen-bond acceptors (Lipinski definition) is 1. The molecule has 0 aliphatic heterocycles. The van der Waals surface area contributed by atoms with Gasteiger partial charge < -0.3 is 4.74 Å². The SMILES string of the molecule is C=COc1ccc(-c2ccc(C)cc2)cc1C. The molecule has 0 heterocycles. The van der Waals surface area contributed by atoms with E-state index in [1.54, 1.807) is 0 Å². The summed E-state index contributed by atoms with van der Waals surface area (Å²) < 4.78 is 5.31. The first-order chi connectivity index (χ1) is 8.20. The van der Waals surface area contributed by atoms with E-state index in [1.165, 1.54) is 23.0 Å². The molecule has 0 aliphatic rings. The molecule has 0 fully saturated rings. The van der Waals surface area contributed by atoms with Gasteiger partial charge in [0.15, 0.2) is 0 Å². The van der Waals surface area contributed by atoms with Gasteiger partial charge in [0.05, 0.1) is 6.26 Å². The Morgan fingerprint density at radius 2 is 1.59 bits per heavy atom. The van der Waals surface area contributed by atoms with Crippen molar-refractivity contribution >= 4 is 0 Å². The van der Waals surface area contributed by atoms with Gasteiger partial charge in [-0.05, 0) is 42.7 Å². The van der Waals surface area contributed by atoms with E-state index in [-0.39, 0.29) is 0 Å². The fourth-order valence-corrected chi connectivity index (χ4v) is 1.80. The van der Waals surface area contributed by atoms with Crippen LogP contribution in [0.25, 0.3) is 11.1 Å². The first-order valence-corrected chi connectivity index (χ1v) is 5.66. The molecule has 2 aromatic carbocycles. The van der Waals surface area contributed by atoms with Crippen LogP contribution in [-0.2, 0) is 0 Å². The number of aryl methyl sites for hydroxylation is 2. The van der Waals surface area contributed by atoms with Crippen molar-refractivity contribution in [3.05, 3.63) is 66.4 Å². The van der Waals surface area contributed by atoms with Gasteiger partial charge in [-0.2, -0.15) is 0 Å². The average Bonchev–Trinajstić information content (AvgIpc) is 2.33. The molecule has 0 amide bonds. The van der Waals surface area contributed by atoms with Gasteiger partial charge in [-0.15, -0.1) is 0 Å². The Morgan fingerprint density at radius 3 is 2.18 bits per heavy atom. The molecule has 0 saturated heterocycles. The first-order valence-electron chi connectivity index (χ1n) is 5.66. The smallest absolute Gasteiger partial charge is 0.129 e. The lowest BCUT2D eigenvalue weighted by atomic mass is 10.0. The quantitative estimate of drug-likeness (QED) is 0.698. The van der Waals surface area contributed by atoms with Crippen LogP contribution in [-0.4, -0.2) is 0 Å². The predicted octanol–water partition coefficient (Wildman–Crippen LogP) is 4.49. The molecule has 2 rings (SSSR count). The zero-order valence-electron chi connectivity index (χ0n) is 10.2. The summed E-state index contributed by atoms with van der Waals surface area (Å²) in [4.78, 5) is 0. The van der Waals surface area contributed by atoms with Crippen molar-refractivity contribution in [2.75, 3.05) is 0 Å². The van der Waals surface area contributed by atoms with Gasteiger partial charge in [0.2, 0.25) is 0 Å². The third-order valence-electron chi connectivity index (χ3n) is 2.77. The van der Waals surface area contributed by atoms with Crippen LogP contribution in [0.5, 0.6) is 5.75 Å². The maximum Gasteiger partial charge on any atom is 0.129 e. The molecular formula is C16H16O. The van der Waals surface area contributed by atoms with E-state index in [0.717, 1.165) is 11.3 Å². The molecule has 86 valence electrons. The molecule has 0 saturated carbocycles. The molecule has 0 radical (unpaired) electrons. The molecule has 0 spiro atoms. The molecule has 17 heavy (non-hydrogen) atoms. The summed E-state index contributed by atoms with van der Waals surface area (Å²) in [5.74, 6) is 0.857. The van der Waals surface area contributed by atoms with E-state index >= 15 is 0 Å². The summed E-state index contributed by atoms with van der Waals surface area (Å²) in [6.45, 7) is 7.70. The Hall–Kier alpha value is -2.02. The number of ether oxygens (including phenoxy) is 1. The van der Waals surface area contributed by atoms with E-state index < -0.39 is 0 Å². The lowest BCUT2D eigenvalue weighted by Gasteiger charge is -2.08. The van der Waals surface area contributed by atoms with Crippen LogP contribution in [0.2, 0.25) is 0 Å². The minimum Gasteiger partial charge on any atom is -0.465 e. The third-order valence-corrected chi connectivity index (χ3v) is 2.77. The maximum absolute atomic E-state index is 5.31. The second-order valence-corrected chi connectivity index (χ2v) is 4.13. The highest BCUT2D eigenvalue weighted by Crippen LogP contribution is 2.26. The topological polar surface area (TPSA) is 9.23 Å². The molecule has 0 aliphatic carbocycles. The van der Waals surface area contributed by atoms with Crippen molar-refractivity contribution < 1.29 is 4.74 Å². The summed E-state index contributed by atoms with van der Waals surface area (Å²) in [6.07, 6.45) is 1.45. The second-order valence-electron chi connectivity index (χ2n) is 4.13. The lowest BCUT2D eigenvalue weighted by Crippen LogP contribution is -1.86. The minimum atomic E-state index is 0.857. The summed E-state index contributed by atoms with van der Waals surface area (Å²) in [6, 6.07) is 14.7. The maximum atomic E-state index is 5.31. The summed E-state index contributed by atoms with van der Waals surface area (Å²) in [5.41, 5.74) is 4.82. The van der Waals surface area contributed by atoms with Crippen LogP contribution < -0.4 is 4.74 Å². The van der Waals surface area contributed by atoms with Crippen molar-refractivity contribution in [1.82, 2.24) is 0 Å². The van der Waals surface area contributed by atoms with Crippen LogP contribution in [0.15, 0.2) is 55.3 Å². The molecule has 2 aromatic rings. The highest BCUT2D eigenvalue weighted by atomic mass is 16.5. The molecule has 0 unspecified atom stereocenters. The molecule has 0 N–H and O–H groups in total. The average molecular weight is 224 g/mol. The largest absolute Gasteiger partial charge is 0.465 e. The lowest BCUT2D eigenvalue weighted by molar-refractivity contribution is 0.480. The van der Waals surface area contributed by atoms with Gasteiger partial charge in [0, 0.05) is 0 Å². The van der Waals surface area contributed by atoms with Crippen molar-refractivity contribution in [3.63, 3.8) is 0 Å². The Labute approximate surface area is 102 Å². The van der Waals surface area contributed by atoms with E-state index in [1.807, 2.05) is 13.0 Å². The normalized spacial score (nSPS) is 10.0. The van der Waals surface area contributed by atoms with Crippen molar-refractivity contribution in [2.45, 2.75) is 13.8 Å². The summed E-state index contributed by atoms with van der Waals surface area (Å²) in [7, 11) is 0. The van der Waals surface area contributed by atoms with Gasteiger partial charge in [0.1, 0.15) is 5.75 Å². The Balaban J connectivity index is 2.37. The monoisotopic (exact) mass is 224 g/mol. The van der Waals surface area contributed by atoms with E-state index in [2.05, 4.69) is 49.9 Å². The van der Waals surface area contributed by atoms with Crippen LogP contribution >= 0.6 is 0 Å². The highest BCUT2D eigenvalue weighted by molar-refractivity contribution is 5.65. The highest BCUT2D eigenvalue weighted by Gasteiger charge is 2.02. The molecule has 1 heteroatoms. The van der Waals surface area contributed by atoms with Crippen molar-refractivity contribution in [3.8, 4) is 16.9 Å². The number of hydrogen-bond donors (Lipinski definition) is 0. The Morgan fingerprint density at radius 1 is 0.941 bits per heavy atom. The van der Waals surface area contributed by atoms with Gasteiger partial charge in [-0.25, -0.2) is 0 Å². The minimum absolute atomic E-state index is 0.857. The molecule has 0 aromatic heterocycles. The fourth-order valence-electron chi connectivity index (χ4n) is 1.80. The second kappa shape index (κ2) is 4.88. The zero-order valence-corrected chi connectivity index (χ0v) is 10.2. The van der Waals surface area contributed by atoms with Crippen LogP contribution in [0, 0.1) is 13.8 Å². The van der Waals surface area contributed by atoms with E-state index in [0.29, 0.717) is 0 Å². The van der Waals surface area contributed by atoms with E-state index in [9.17, 15) is 0 Å². The van der Waals surface area contributed by atoms with Crippen molar-refractivity contribution in [1.29, 1.82) is 0 Å². The summed E-state index contributed by atoms with van der Waals surface area (Å²) >= 11 is 0. The molecular weight excluding hydrogens is 208 g/mol. The van der Waals surface area contributed by atoms with Crippen LogP contribution in [0.4, 0.5) is 0 Å². The van der Waals surface area contributed by atoms with Crippen molar-refractivity contribution in [2.24, 2.45) is 0 Å². The van der Waals surface area contributed by atoms with Gasteiger partial charge in [0.25, 0.3) is 0 Å². The van der Waals surface area contributed by atoms with Crippen LogP contribution in [0.1, 0.15) is 11.1 Å². The van der Waals surface area contributed by atoms with Gasteiger partial charge in [-0.1, -0.05) is 42.5 Å². The van der Waals surface area contributed by atoms with E-state index in [4.69, 9.17) is 4.74 Å². The Bertz CT molecular complexity index is 524. The third kappa shape index (κ3) is 2.56. The Kier molecular flexibility index (Phi) is 3.29. The van der Waals surface area contributed by atoms with Gasteiger partial charge >= 0.3 is 0 Å². The first kappa shape index (κ1) is 11.5. The van der Waals surface area contributed by atoms with Gasteiger partial charge in [-0.3, -0.25) is 0 Å². The number of benzene rings is 2. The van der Waals surface area contributed by atoms with Crippen LogP contribution in [0.3, 0.4) is 0 Å². The molecule has 0 bridgehead atoms. The molecule has 1 nitrogen and oxygen atoms in total. The fraction of sp³-hybridized carbons (Fsp3) is 0.125.